The summed E-state index contributed by atoms with van der Waals surface area (Å²) in [6.07, 6.45) is 10.2. The molecule has 0 bridgehead atoms. The predicted octanol–water partition coefficient (Wildman–Crippen LogP) is 4.76. The Morgan fingerprint density at radius 2 is 1.69 bits per heavy atom. The van der Waals surface area contributed by atoms with Crippen molar-refractivity contribution in [2.75, 3.05) is 0 Å². The molecule has 0 saturated carbocycles. The number of allylic oxidation sites excluding steroid dienone is 2. The summed E-state index contributed by atoms with van der Waals surface area (Å²) in [6, 6.07) is 0. The summed E-state index contributed by atoms with van der Waals surface area (Å²) in [5.41, 5.74) is 1.21. The van der Waals surface area contributed by atoms with Gasteiger partial charge >= 0.3 is 0 Å². The Kier molecular flexibility index (Phi) is 9.27. The average molecular weight is 224 g/mol. The topological polar surface area (TPSA) is 17.1 Å². The van der Waals surface area contributed by atoms with Crippen LogP contribution in [0.3, 0.4) is 0 Å². The van der Waals surface area contributed by atoms with Crippen LogP contribution in [0.1, 0.15) is 66.2 Å². The molecule has 0 amide bonds. The van der Waals surface area contributed by atoms with Gasteiger partial charge in [-0.2, -0.15) is 0 Å². The second kappa shape index (κ2) is 9.62. The second-order valence-electron chi connectivity index (χ2n) is 5.47. The first-order chi connectivity index (χ1) is 7.56. The molecule has 0 aromatic carbocycles. The number of carbonyl (C=O) groups is 1. The number of hydrogen-bond acceptors (Lipinski definition) is 1. The Balaban J connectivity index is 3.46. The lowest BCUT2D eigenvalue weighted by Gasteiger charge is -2.12. The van der Waals surface area contributed by atoms with Gasteiger partial charge in [0.15, 0.2) is 0 Å². The quantitative estimate of drug-likeness (QED) is 0.407. The summed E-state index contributed by atoms with van der Waals surface area (Å²) in [4.78, 5) is 10.2. The normalized spacial score (nSPS) is 14.2. The molecule has 1 unspecified atom stereocenters. The zero-order valence-corrected chi connectivity index (χ0v) is 11.5. The highest BCUT2D eigenvalue weighted by Gasteiger charge is 2.03. The van der Waals surface area contributed by atoms with Crippen LogP contribution in [0.15, 0.2) is 11.6 Å². The molecule has 0 aliphatic heterocycles. The molecule has 0 fully saturated rings. The highest BCUT2D eigenvalue weighted by Crippen LogP contribution is 2.18. The van der Waals surface area contributed by atoms with E-state index in [2.05, 4.69) is 20.8 Å². The maximum absolute atomic E-state index is 10.2. The lowest BCUT2D eigenvalue weighted by molar-refractivity contribution is -0.104. The van der Waals surface area contributed by atoms with Gasteiger partial charge in [-0.3, -0.25) is 4.79 Å². The van der Waals surface area contributed by atoms with Crippen LogP contribution in [0.25, 0.3) is 0 Å². The van der Waals surface area contributed by atoms with Crippen LogP contribution in [-0.4, -0.2) is 6.29 Å². The zero-order chi connectivity index (χ0) is 12.4. The molecule has 94 valence electrons. The van der Waals surface area contributed by atoms with E-state index in [1.54, 1.807) is 6.08 Å². The van der Waals surface area contributed by atoms with E-state index in [1.165, 1.54) is 37.7 Å². The van der Waals surface area contributed by atoms with E-state index >= 15 is 0 Å². The molecule has 0 N–H and O–H groups in total. The molecule has 0 aromatic rings. The molecule has 1 heteroatoms. The number of carbonyl (C=O) groups excluding carboxylic acids is 1. The Bertz CT molecular complexity index is 203. The van der Waals surface area contributed by atoms with Crippen molar-refractivity contribution >= 4 is 6.29 Å². The summed E-state index contributed by atoms with van der Waals surface area (Å²) >= 11 is 0. The molecular weight excluding hydrogens is 196 g/mol. The molecule has 1 atom stereocenters. The van der Waals surface area contributed by atoms with E-state index in [9.17, 15) is 4.79 Å². The van der Waals surface area contributed by atoms with E-state index in [1.807, 2.05) is 6.92 Å². The van der Waals surface area contributed by atoms with Gasteiger partial charge in [-0.15, -0.1) is 0 Å². The highest BCUT2D eigenvalue weighted by atomic mass is 16.1. The summed E-state index contributed by atoms with van der Waals surface area (Å²) < 4.78 is 0. The number of hydrogen-bond donors (Lipinski definition) is 0. The first-order valence-electron chi connectivity index (χ1n) is 6.67. The van der Waals surface area contributed by atoms with Gasteiger partial charge in [-0.05, 0) is 37.7 Å². The molecule has 0 aliphatic carbocycles. The van der Waals surface area contributed by atoms with Crippen LogP contribution in [0, 0.1) is 11.8 Å². The maximum atomic E-state index is 10.2. The summed E-state index contributed by atoms with van der Waals surface area (Å²) in [5, 5.41) is 0. The van der Waals surface area contributed by atoms with Crippen molar-refractivity contribution in [1.82, 2.24) is 0 Å². The average Bonchev–Trinajstić information content (AvgIpc) is 2.17. The molecular formula is C15H28O. The van der Waals surface area contributed by atoms with Gasteiger partial charge < -0.3 is 0 Å². The standard InChI is InChI=1S/C15H28O/c1-13(2)7-5-8-14(3)9-6-10-15(4)11-12-16/h11-14H,5-10H2,1-4H3. The molecule has 0 radical (unpaired) electrons. The minimum atomic E-state index is 0.836. The summed E-state index contributed by atoms with van der Waals surface area (Å²) in [5.74, 6) is 1.67. The van der Waals surface area contributed by atoms with Crippen LogP contribution in [0.4, 0.5) is 0 Å². The Labute approximate surface area is 101 Å². The van der Waals surface area contributed by atoms with E-state index in [0.29, 0.717) is 0 Å². The Morgan fingerprint density at radius 3 is 2.25 bits per heavy atom. The van der Waals surface area contributed by atoms with Crippen molar-refractivity contribution in [2.45, 2.75) is 66.2 Å². The van der Waals surface area contributed by atoms with Crippen molar-refractivity contribution in [2.24, 2.45) is 11.8 Å². The smallest absolute Gasteiger partial charge is 0.142 e. The van der Waals surface area contributed by atoms with Crippen LogP contribution >= 0.6 is 0 Å². The molecule has 0 heterocycles. The lowest BCUT2D eigenvalue weighted by atomic mass is 9.94. The fourth-order valence-corrected chi connectivity index (χ4v) is 1.95. The van der Waals surface area contributed by atoms with Crippen molar-refractivity contribution in [3.63, 3.8) is 0 Å². The number of aldehydes is 1. The van der Waals surface area contributed by atoms with Gasteiger partial charge in [-0.1, -0.05) is 52.0 Å². The first-order valence-corrected chi connectivity index (χ1v) is 6.67. The summed E-state index contributed by atoms with van der Waals surface area (Å²) in [7, 11) is 0. The fourth-order valence-electron chi connectivity index (χ4n) is 1.95. The van der Waals surface area contributed by atoms with Crippen LogP contribution in [-0.2, 0) is 4.79 Å². The number of rotatable bonds is 9. The van der Waals surface area contributed by atoms with Crippen molar-refractivity contribution in [3.8, 4) is 0 Å². The molecule has 0 rings (SSSR count). The van der Waals surface area contributed by atoms with Crippen LogP contribution in [0.2, 0.25) is 0 Å². The van der Waals surface area contributed by atoms with Crippen LogP contribution in [0.5, 0.6) is 0 Å². The largest absolute Gasteiger partial charge is 0.299 e. The molecule has 16 heavy (non-hydrogen) atoms. The third-order valence-corrected chi connectivity index (χ3v) is 3.10. The van der Waals surface area contributed by atoms with Gasteiger partial charge in [0.1, 0.15) is 6.29 Å². The van der Waals surface area contributed by atoms with Gasteiger partial charge in [0, 0.05) is 0 Å². The molecule has 0 spiro atoms. The van der Waals surface area contributed by atoms with Crippen LogP contribution < -0.4 is 0 Å². The van der Waals surface area contributed by atoms with Gasteiger partial charge in [-0.25, -0.2) is 0 Å². The molecule has 0 saturated heterocycles. The lowest BCUT2D eigenvalue weighted by Crippen LogP contribution is -1.97. The van der Waals surface area contributed by atoms with E-state index < -0.39 is 0 Å². The monoisotopic (exact) mass is 224 g/mol. The highest BCUT2D eigenvalue weighted by molar-refractivity contribution is 5.65. The molecule has 0 aliphatic rings. The minimum absolute atomic E-state index is 0.836. The Hall–Kier alpha value is -0.590. The third-order valence-electron chi connectivity index (χ3n) is 3.10. The molecule has 0 aromatic heterocycles. The fraction of sp³-hybridized carbons (Fsp3) is 0.800. The third kappa shape index (κ3) is 9.95. The zero-order valence-electron chi connectivity index (χ0n) is 11.5. The van der Waals surface area contributed by atoms with E-state index in [4.69, 9.17) is 0 Å². The van der Waals surface area contributed by atoms with Crippen molar-refractivity contribution < 1.29 is 4.79 Å². The van der Waals surface area contributed by atoms with Gasteiger partial charge in [0.25, 0.3) is 0 Å². The van der Waals surface area contributed by atoms with Crippen molar-refractivity contribution in [1.29, 1.82) is 0 Å². The SMILES string of the molecule is CC(=CC=O)CCCC(C)CCCC(C)C. The van der Waals surface area contributed by atoms with Crippen molar-refractivity contribution in [3.05, 3.63) is 11.6 Å². The molecule has 1 nitrogen and oxygen atoms in total. The minimum Gasteiger partial charge on any atom is -0.299 e. The van der Waals surface area contributed by atoms with Gasteiger partial charge in [0.2, 0.25) is 0 Å². The van der Waals surface area contributed by atoms with E-state index in [0.717, 1.165) is 24.5 Å². The Morgan fingerprint density at radius 1 is 1.06 bits per heavy atom. The summed E-state index contributed by atoms with van der Waals surface area (Å²) in [6.45, 7) is 8.97. The second-order valence-corrected chi connectivity index (χ2v) is 5.47. The van der Waals surface area contributed by atoms with E-state index in [-0.39, 0.29) is 0 Å². The first kappa shape index (κ1) is 15.4. The van der Waals surface area contributed by atoms with Gasteiger partial charge in [0.05, 0.1) is 0 Å². The predicted molar refractivity (Wildman–Crippen MR) is 71.5 cm³/mol. The maximum Gasteiger partial charge on any atom is 0.142 e.